The average molecular weight is 200 g/mol. The predicted octanol–water partition coefficient (Wildman–Crippen LogP) is -0.00760. The Morgan fingerprint density at radius 2 is 2.29 bits per heavy atom. The van der Waals surface area contributed by atoms with Gasteiger partial charge in [-0.3, -0.25) is 4.99 Å². The Kier molecular flexibility index (Phi) is 3.88. The van der Waals surface area contributed by atoms with Crippen LogP contribution in [-0.2, 0) is 4.79 Å². The van der Waals surface area contributed by atoms with E-state index in [1.807, 2.05) is 0 Å². The molecule has 1 aliphatic heterocycles. The van der Waals surface area contributed by atoms with E-state index >= 15 is 0 Å². The van der Waals surface area contributed by atoms with Crippen LogP contribution in [0.5, 0.6) is 0 Å². The van der Waals surface area contributed by atoms with E-state index in [1.165, 1.54) is 6.92 Å². The number of amidine groups is 1. The molecule has 2 atom stereocenters. The summed E-state index contributed by atoms with van der Waals surface area (Å²) in [4.78, 5) is 14.9. The third-order valence-electron chi connectivity index (χ3n) is 2.19. The van der Waals surface area contributed by atoms with Crippen molar-refractivity contribution in [1.82, 2.24) is 5.32 Å². The molecule has 5 nitrogen and oxygen atoms in total. The highest BCUT2D eigenvalue weighted by molar-refractivity contribution is 5.87. The van der Waals surface area contributed by atoms with Gasteiger partial charge in [-0.2, -0.15) is 0 Å². The number of aliphatic carboxylic acids is 1. The van der Waals surface area contributed by atoms with Crippen LogP contribution in [-0.4, -0.2) is 40.7 Å². The Bertz CT molecular complexity index is 238. The van der Waals surface area contributed by atoms with Crippen LogP contribution in [0.1, 0.15) is 26.2 Å². The Morgan fingerprint density at radius 3 is 2.71 bits per heavy atom. The predicted molar refractivity (Wildman–Crippen MR) is 52.4 cm³/mol. The molecule has 5 heteroatoms. The van der Waals surface area contributed by atoms with Crippen molar-refractivity contribution in [2.45, 2.75) is 38.3 Å². The summed E-state index contributed by atoms with van der Waals surface area (Å²) in [6.07, 6.45) is 1.93. The molecule has 0 radical (unpaired) electrons. The van der Waals surface area contributed by atoms with Crippen LogP contribution in [0, 0.1) is 0 Å². The third kappa shape index (κ3) is 2.99. The van der Waals surface area contributed by atoms with Gasteiger partial charge in [-0.15, -0.1) is 0 Å². The number of hydrogen-bond acceptors (Lipinski definition) is 4. The molecule has 3 N–H and O–H groups in total. The van der Waals surface area contributed by atoms with Crippen LogP contribution in [0.25, 0.3) is 0 Å². The minimum Gasteiger partial charge on any atom is -0.480 e. The van der Waals surface area contributed by atoms with Gasteiger partial charge in [-0.25, -0.2) is 4.79 Å². The fraction of sp³-hybridized carbons (Fsp3) is 0.778. The summed E-state index contributed by atoms with van der Waals surface area (Å²) in [7, 11) is 0. The first-order chi connectivity index (χ1) is 6.61. The summed E-state index contributed by atoms with van der Waals surface area (Å²) in [5, 5.41) is 20.8. The Balaban J connectivity index is 2.54. The topological polar surface area (TPSA) is 81.9 Å². The summed E-state index contributed by atoms with van der Waals surface area (Å²) in [6, 6.07) is -0.952. The van der Waals surface area contributed by atoms with Gasteiger partial charge in [0.1, 0.15) is 0 Å². The van der Waals surface area contributed by atoms with Crippen molar-refractivity contribution in [3.63, 3.8) is 0 Å². The van der Waals surface area contributed by atoms with Gasteiger partial charge in [0.25, 0.3) is 0 Å². The van der Waals surface area contributed by atoms with Gasteiger partial charge in [0.05, 0.1) is 11.9 Å². The number of nitrogens with zero attached hydrogens (tertiary/aromatic N) is 1. The van der Waals surface area contributed by atoms with E-state index in [2.05, 4.69) is 10.3 Å². The van der Waals surface area contributed by atoms with Gasteiger partial charge in [0.15, 0.2) is 6.04 Å². The molecule has 0 saturated heterocycles. The number of aliphatic hydroxyl groups excluding tert-OH is 1. The molecule has 1 heterocycles. The van der Waals surface area contributed by atoms with Crippen LogP contribution in [0.2, 0.25) is 0 Å². The van der Waals surface area contributed by atoms with E-state index in [4.69, 9.17) is 5.11 Å². The number of carbonyl (C=O) groups is 1. The van der Waals surface area contributed by atoms with E-state index < -0.39 is 18.1 Å². The third-order valence-corrected chi connectivity index (χ3v) is 2.19. The van der Waals surface area contributed by atoms with E-state index in [-0.39, 0.29) is 0 Å². The molecule has 0 fully saturated rings. The van der Waals surface area contributed by atoms with E-state index in [0.717, 1.165) is 25.8 Å². The molecule has 0 aromatic heterocycles. The molecule has 0 bridgehead atoms. The van der Waals surface area contributed by atoms with E-state index in [0.29, 0.717) is 5.84 Å². The standard InChI is InChI=1S/C9H16N2O3/c1-6(12)8(9(13)14)11-7-4-2-3-5-10-7/h6,8,12H,2-5H2,1H3,(H,10,11)(H,13,14). The average Bonchev–Trinajstić information content (AvgIpc) is 2.15. The van der Waals surface area contributed by atoms with Gasteiger partial charge < -0.3 is 15.5 Å². The number of aliphatic imine (C=N–C) groups is 1. The maximum absolute atomic E-state index is 10.7. The zero-order valence-electron chi connectivity index (χ0n) is 8.23. The zero-order chi connectivity index (χ0) is 10.6. The van der Waals surface area contributed by atoms with Gasteiger partial charge in [0, 0.05) is 13.0 Å². The molecule has 0 amide bonds. The van der Waals surface area contributed by atoms with Gasteiger partial charge in [-0.1, -0.05) is 0 Å². The largest absolute Gasteiger partial charge is 0.480 e. The number of nitrogens with one attached hydrogen (secondary N) is 1. The highest BCUT2D eigenvalue weighted by Gasteiger charge is 2.24. The van der Waals surface area contributed by atoms with Crippen molar-refractivity contribution in [2.24, 2.45) is 4.99 Å². The Morgan fingerprint density at radius 1 is 1.57 bits per heavy atom. The minimum atomic E-state index is -1.05. The lowest BCUT2D eigenvalue weighted by molar-refractivity contribution is -0.141. The van der Waals surface area contributed by atoms with Crippen molar-refractivity contribution in [3.8, 4) is 0 Å². The molecule has 80 valence electrons. The van der Waals surface area contributed by atoms with Crippen LogP contribution in [0.3, 0.4) is 0 Å². The summed E-state index contributed by atoms with van der Waals surface area (Å²) in [6.45, 7) is 2.20. The smallest absolute Gasteiger partial charge is 0.328 e. The molecule has 0 spiro atoms. The molecule has 0 aromatic carbocycles. The fourth-order valence-corrected chi connectivity index (χ4v) is 1.38. The first kappa shape index (κ1) is 11.0. The van der Waals surface area contributed by atoms with Crippen molar-refractivity contribution < 1.29 is 15.0 Å². The first-order valence-electron chi connectivity index (χ1n) is 4.82. The number of aliphatic hydroxyl groups is 1. The lowest BCUT2D eigenvalue weighted by atomic mass is 10.1. The monoisotopic (exact) mass is 200 g/mol. The quantitative estimate of drug-likeness (QED) is 0.598. The molecular weight excluding hydrogens is 184 g/mol. The second-order valence-electron chi connectivity index (χ2n) is 3.49. The maximum Gasteiger partial charge on any atom is 0.328 e. The summed E-state index contributed by atoms with van der Waals surface area (Å²) >= 11 is 0. The van der Waals surface area contributed by atoms with Crippen molar-refractivity contribution >= 4 is 11.8 Å². The minimum absolute atomic E-state index is 0.699. The zero-order valence-corrected chi connectivity index (χ0v) is 8.23. The number of carboxylic acid groups (broad SMARTS) is 1. The van der Waals surface area contributed by atoms with E-state index in [9.17, 15) is 9.90 Å². The summed E-state index contributed by atoms with van der Waals surface area (Å²) in [5.74, 6) is -0.349. The highest BCUT2D eigenvalue weighted by Crippen LogP contribution is 2.05. The lowest BCUT2D eigenvalue weighted by Gasteiger charge is -2.21. The molecule has 2 unspecified atom stereocenters. The summed E-state index contributed by atoms with van der Waals surface area (Å²) < 4.78 is 0. The Labute approximate surface area is 82.8 Å². The fourth-order valence-electron chi connectivity index (χ4n) is 1.38. The van der Waals surface area contributed by atoms with Gasteiger partial charge in [-0.05, 0) is 19.8 Å². The maximum atomic E-state index is 10.7. The molecule has 1 rings (SSSR count). The van der Waals surface area contributed by atoms with Crippen molar-refractivity contribution in [1.29, 1.82) is 0 Å². The van der Waals surface area contributed by atoms with Crippen molar-refractivity contribution in [3.05, 3.63) is 0 Å². The molecule has 0 saturated carbocycles. The molecule has 0 aliphatic carbocycles. The van der Waals surface area contributed by atoms with Gasteiger partial charge in [0.2, 0.25) is 0 Å². The number of rotatable bonds is 3. The second-order valence-corrected chi connectivity index (χ2v) is 3.49. The van der Waals surface area contributed by atoms with Crippen molar-refractivity contribution in [2.75, 3.05) is 6.54 Å². The Hall–Kier alpha value is -1.10. The van der Waals surface area contributed by atoms with Crippen LogP contribution in [0.15, 0.2) is 4.99 Å². The lowest BCUT2D eigenvalue weighted by Crippen LogP contribution is -2.48. The molecule has 1 aliphatic rings. The number of hydrogen-bond donors (Lipinski definition) is 3. The highest BCUT2D eigenvalue weighted by atomic mass is 16.4. The first-order valence-corrected chi connectivity index (χ1v) is 4.82. The second kappa shape index (κ2) is 4.95. The molecule has 14 heavy (non-hydrogen) atoms. The van der Waals surface area contributed by atoms with Crippen LogP contribution >= 0.6 is 0 Å². The normalized spacial score (nSPS) is 20.9. The SMILES string of the molecule is CC(O)C(NC1=NCCCC1)C(=O)O. The molecule has 0 aromatic rings. The van der Waals surface area contributed by atoms with Crippen LogP contribution < -0.4 is 5.32 Å². The van der Waals surface area contributed by atoms with Crippen LogP contribution in [0.4, 0.5) is 0 Å². The number of carboxylic acids is 1. The van der Waals surface area contributed by atoms with Gasteiger partial charge >= 0.3 is 5.97 Å². The van der Waals surface area contributed by atoms with E-state index in [1.54, 1.807) is 0 Å². The molecular formula is C9H16N2O3. The summed E-state index contributed by atoms with van der Waals surface area (Å²) in [5.41, 5.74) is 0.